The van der Waals surface area contributed by atoms with Gasteiger partial charge in [-0.1, -0.05) is 0 Å². The molecule has 3 aromatic heterocycles. The highest BCUT2D eigenvalue weighted by atomic mass is 32.2. The maximum atomic E-state index is 14.7. The predicted molar refractivity (Wildman–Crippen MR) is 171 cm³/mol. The van der Waals surface area contributed by atoms with Crippen LogP contribution in [0.1, 0.15) is 41.0 Å². The molecular formula is C32H29FN8O5S. The predicted octanol–water partition coefficient (Wildman–Crippen LogP) is 5.06. The molecule has 0 unspecified atom stereocenters. The van der Waals surface area contributed by atoms with Crippen molar-refractivity contribution in [1.82, 2.24) is 18.7 Å². The lowest BCUT2D eigenvalue weighted by Crippen LogP contribution is -2.49. The van der Waals surface area contributed by atoms with Gasteiger partial charge in [0.15, 0.2) is 11.5 Å². The van der Waals surface area contributed by atoms with E-state index in [-0.39, 0.29) is 21.9 Å². The minimum atomic E-state index is -4.17. The average Bonchev–Trinajstić information content (AvgIpc) is 3.29. The molecule has 1 amide bonds. The van der Waals surface area contributed by atoms with E-state index in [2.05, 4.69) is 21.4 Å². The number of imidazole rings is 1. The van der Waals surface area contributed by atoms with Gasteiger partial charge in [-0.05, 0) is 63.4 Å². The number of nitro groups is 1. The number of rotatable bonds is 8. The van der Waals surface area contributed by atoms with Crippen LogP contribution < -0.4 is 10.2 Å². The molecule has 2 N–H and O–H groups in total. The number of benzene rings is 2. The number of pyridine rings is 1. The summed E-state index contributed by atoms with van der Waals surface area (Å²) in [5.74, 6) is -1.01. The lowest BCUT2D eigenvalue weighted by molar-refractivity contribution is -0.384. The molecule has 4 heterocycles. The quantitative estimate of drug-likeness (QED) is 0.173. The summed E-state index contributed by atoms with van der Waals surface area (Å²) in [4.78, 5) is 33.4. The van der Waals surface area contributed by atoms with E-state index in [1.807, 2.05) is 24.0 Å². The number of hydrogen-bond donors (Lipinski definition) is 2. The fourth-order valence-electron chi connectivity index (χ4n) is 6.53. The average molecular weight is 657 g/mol. The molecule has 2 fully saturated rings. The Kier molecular flexibility index (Phi) is 7.03. The van der Waals surface area contributed by atoms with Crippen LogP contribution in [0.2, 0.25) is 0 Å². The van der Waals surface area contributed by atoms with Crippen molar-refractivity contribution in [3.05, 3.63) is 93.8 Å². The van der Waals surface area contributed by atoms with E-state index in [1.165, 1.54) is 26.9 Å². The van der Waals surface area contributed by atoms with Gasteiger partial charge in [0, 0.05) is 66.5 Å². The van der Waals surface area contributed by atoms with Crippen molar-refractivity contribution in [2.45, 2.75) is 49.6 Å². The number of anilines is 2. The summed E-state index contributed by atoms with van der Waals surface area (Å²) in [5, 5.41) is 24.8. The third-order valence-corrected chi connectivity index (χ3v) is 10.9. The molecule has 1 saturated carbocycles. The minimum Gasteiger partial charge on any atom is -0.369 e. The molecule has 15 heteroatoms. The van der Waals surface area contributed by atoms with Crippen molar-refractivity contribution in [2.24, 2.45) is 0 Å². The van der Waals surface area contributed by atoms with E-state index in [0.29, 0.717) is 49.1 Å². The summed E-state index contributed by atoms with van der Waals surface area (Å²) in [6.07, 6.45) is 4.50. The van der Waals surface area contributed by atoms with Crippen molar-refractivity contribution < 1.29 is 22.5 Å². The van der Waals surface area contributed by atoms with E-state index in [4.69, 9.17) is 0 Å². The summed E-state index contributed by atoms with van der Waals surface area (Å²) in [5.41, 5.74) is 2.18. The Labute approximate surface area is 268 Å². The lowest BCUT2D eigenvalue weighted by Gasteiger charge is -2.32. The van der Waals surface area contributed by atoms with Gasteiger partial charge in [-0.2, -0.15) is 9.57 Å². The third-order valence-electron chi connectivity index (χ3n) is 8.83. The molecule has 1 saturated heterocycles. The zero-order valence-corrected chi connectivity index (χ0v) is 26.2. The number of aromatic nitrogens is 3. The Morgan fingerprint density at radius 1 is 1.19 bits per heavy atom. The van der Waals surface area contributed by atoms with Gasteiger partial charge >= 0.3 is 0 Å². The second-order valence-electron chi connectivity index (χ2n) is 12.1. The third kappa shape index (κ3) is 5.15. The zero-order valence-electron chi connectivity index (χ0n) is 25.4. The Bertz CT molecular complexity index is 2250. The van der Waals surface area contributed by atoms with Gasteiger partial charge in [-0.25, -0.2) is 17.8 Å². The number of aryl methyl sites for hydroxylation is 2. The summed E-state index contributed by atoms with van der Waals surface area (Å²) in [7, 11) is -4.17. The van der Waals surface area contributed by atoms with Crippen LogP contribution in [-0.4, -0.2) is 62.6 Å². The molecule has 2 aliphatic rings. The number of amides is 1. The fourth-order valence-corrected chi connectivity index (χ4v) is 8.49. The van der Waals surface area contributed by atoms with Crippen molar-refractivity contribution in [1.29, 1.82) is 5.26 Å². The lowest BCUT2D eigenvalue weighted by atomic mass is 10.1. The topological polar surface area (TPSA) is 170 Å². The van der Waals surface area contributed by atoms with Gasteiger partial charge in [-0.3, -0.25) is 14.9 Å². The molecule has 5 aromatic rings. The molecule has 0 spiro atoms. The summed E-state index contributed by atoms with van der Waals surface area (Å²) >= 11 is 0. The van der Waals surface area contributed by atoms with Crippen molar-refractivity contribution >= 4 is 49.5 Å². The fraction of sp³-hybridized carbons (Fsp3) is 0.281. The summed E-state index contributed by atoms with van der Waals surface area (Å²) in [6, 6.07) is 13.0. The van der Waals surface area contributed by atoms with Crippen LogP contribution in [0.5, 0.6) is 0 Å². The normalized spacial score (nSPS) is 17.3. The number of fused-ring (bicyclic) bond motifs is 2. The summed E-state index contributed by atoms with van der Waals surface area (Å²) in [6.45, 7) is 4.41. The van der Waals surface area contributed by atoms with Gasteiger partial charge in [0.1, 0.15) is 5.54 Å². The molecule has 47 heavy (non-hydrogen) atoms. The molecule has 1 aliphatic heterocycles. The maximum Gasteiger partial charge on any atom is 0.269 e. The van der Waals surface area contributed by atoms with Gasteiger partial charge in [0.25, 0.3) is 11.6 Å². The largest absolute Gasteiger partial charge is 0.369 e. The van der Waals surface area contributed by atoms with Crippen molar-refractivity contribution in [3.8, 4) is 6.07 Å². The number of nitrogens with one attached hydrogen (secondary N) is 2. The highest BCUT2D eigenvalue weighted by molar-refractivity contribution is 7.89. The number of carbonyl (C=O) groups excluding carboxylic acids is 1. The highest BCUT2D eigenvalue weighted by Crippen LogP contribution is 2.47. The Balaban J connectivity index is 1.18. The van der Waals surface area contributed by atoms with Gasteiger partial charge in [-0.15, -0.1) is 0 Å². The smallest absolute Gasteiger partial charge is 0.269 e. The molecule has 7 rings (SSSR count). The van der Waals surface area contributed by atoms with Crippen LogP contribution >= 0.6 is 0 Å². The molecule has 2 aromatic carbocycles. The second-order valence-corrected chi connectivity index (χ2v) is 13.9. The molecule has 1 aliphatic carbocycles. The number of aromatic amines is 1. The number of nitriles is 1. The number of nitrogens with zero attached hydrogens (tertiary/aromatic N) is 6. The SMILES string of the molecule is Cc1cn2cc(NC(=O)c3ccc(N4CC[C@@H](N(C5(C#N)CC5)S(=O)(=O)c5ccc([N+](=O)[O-])cc5)C4)c4cc(C)[nH]c34)cc(F)c2n1. The van der Waals surface area contributed by atoms with Crippen LogP contribution in [0, 0.1) is 41.1 Å². The van der Waals surface area contributed by atoms with Crippen molar-refractivity contribution in [2.75, 3.05) is 23.3 Å². The number of halogens is 1. The van der Waals surface area contributed by atoms with Crippen LogP contribution in [0.3, 0.4) is 0 Å². The number of H-pyrrole nitrogens is 1. The van der Waals surface area contributed by atoms with Crippen molar-refractivity contribution in [3.63, 3.8) is 0 Å². The Morgan fingerprint density at radius 3 is 2.62 bits per heavy atom. The van der Waals surface area contributed by atoms with E-state index < -0.39 is 38.3 Å². The maximum absolute atomic E-state index is 14.7. The molecule has 1 atom stereocenters. The number of sulfonamides is 1. The van der Waals surface area contributed by atoms with Gasteiger partial charge < -0.3 is 19.6 Å². The van der Waals surface area contributed by atoms with Crippen LogP contribution in [0.4, 0.5) is 21.5 Å². The molecule has 13 nitrogen and oxygen atoms in total. The first-order chi connectivity index (χ1) is 22.4. The van der Waals surface area contributed by atoms with E-state index in [9.17, 15) is 33.0 Å². The highest BCUT2D eigenvalue weighted by Gasteiger charge is 2.57. The standard InChI is InChI=1S/C32H29FN8O5S/c1-19-13-26-28(8-7-25(29(26)35-19)31(42)37-21-14-27(33)30-36-20(2)15-39(30)16-21)38-12-9-23(17-38)40(32(18-34)10-11-32)47(45,46)24-5-3-22(4-6-24)41(43)44/h3-8,13-16,23,35H,9-12,17H2,1-2H3,(H,37,42)/t23-/m1/s1. The summed E-state index contributed by atoms with van der Waals surface area (Å²) < 4.78 is 45.4. The number of non-ortho nitro benzene ring substituents is 1. The molecule has 0 radical (unpaired) electrons. The van der Waals surface area contributed by atoms with Crippen LogP contribution in [0.15, 0.2) is 65.8 Å². The van der Waals surface area contributed by atoms with E-state index in [0.717, 1.165) is 28.9 Å². The number of carbonyl (C=O) groups is 1. The first-order valence-corrected chi connectivity index (χ1v) is 16.4. The molecular weight excluding hydrogens is 627 g/mol. The van der Waals surface area contributed by atoms with Crippen LogP contribution in [0.25, 0.3) is 16.6 Å². The number of nitro benzene ring substituents is 1. The van der Waals surface area contributed by atoms with Gasteiger partial charge in [0.2, 0.25) is 10.0 Å². The molecule has 0 bridgehead atoms. The van der Waals surface area contributed by atoms with Crippen LogP contribution in [-0.2, 0) is 10.0 Å². The van der Waals surface area contributed by atoms with E-state index in [1.54, 1.807) is 25.4 Å². The first kappa shape index (κ1) is 30.3. The Morgan fingerprint density at radius 2 is 1.94 bits per heavy atom. The minimum absolute atomic E-state index is 0.107. The first-order valence-electron chi connectivity index (χ1n) is 14.9. The van der Waals surface area contributed by atoms with Gasteiger partial charge in [0.05, 0.1) is 38.3 Å². The number of hydrogen-bond acceptors (Lipinski definition) is 8. The monoisotopic (exact) mass is 656 g/mol. The zero-order chi connectivity index (χ0) is 33.2. The van der Waals surface area contributed by atoms with E-state index >= 15 is 0 Å². The second kappa shape index (κ2) is 10.9. The molecule has 240 valence electrons. The Hall–Kier alpha value is -5.33.